The van der Waals surface area contributed by atoms with E-state index in [1.165, 1.54) is 11.8 Å². The minimum Gasteiger partial charge on any atom is -0.496 e. The van der Waals surface area contributed by atoms with Gasteiger partial charge in [-0.15, -0.1) is 0 Å². The van der Waals surface area contributed by atoms with Gasteiger partial charge in [-0.2, -0.15) is 9.78 Å². The molecule has 0 aliphatic heterocycles. The molecule has 40 heavy (non-hydrogen) atoms. The third-order valence-corrected chi connectivity index (χ3v) is 7.15. The maximum absolute atomic E-state index is 13.7. The van der Waals surface area contributed by atoms with Gasteiger partial charge in [-0.25, -0.2) is 9.78 Å². The van der Waals surface area contributed by atoms with Crippen LogP contribution in [0.3, 0.4) is 0 Å². The fourth-order valence-electron chi connectivity index (χ4n) is 5.18. The van der Waals surface area contributed by atoms with Gasteiger partial charge in [0.15, 0.2) is 5.76 Å². The largest absolute Gasteiger partial charge is 0.496 e. The number of methoxy groups -OCH3 is 2. The predicted octanol–water partition coefficient (Wildman–Crippen LogP) is 5.70. The molecular weight excluding hydrogens is 508 g/mol. The zero-order valence-corrected chi connectivity index (χ0v) is 22.4. The van der Waals surface area contributed by atoms with Crippen LogP contribution >= 0.6 is 0 Å². The summed E-state index contributed by atoms with van der Waals surface area (Å²) in [6.07, 6.45) is 1.63. The maximum atomic E-state index is 13.7. The molecule has 6 rings (SSSR count). The number of para-hydroxylation sites is 2. The number of carbonyl (C=O) groups is 1. The number of ether oxygens (including phenoxy) is 2. The van der Waals surface area contributed by atoms with E-state index >= 15 is 0 Å². The summed E-state index contributed by atoms with van der Waals surface area (Å²) in [6, 6.07) is 21.6. The van der Waals surface area contributed by atoms with Gasteiger partial charge < -0.3 is 18.5 Å². The van der Waals surface area contributed by atoms with Crippen LogP contribution in [0, 0.1) is 6.92 Å². The lowest BCUT2D eigenvalue weighted by atomic mass is 10.1. The van der Waals surface area contributed by atoms with E-state index in [2.05, 4.69) is 5.10 Å². The van der Waals surface area contributed by atoms with Crippen LogP contribution in [0.25, 0.3) is 44.4 Å². The molecule has 0 amide bonds. The van der Waals surface area contributed by atoms with Crippen LogP contribution in [-0.2, 0) is 9.53 Å². The molecule has 0 unspecified atom stereocenters. The quantitative estimate of drug-likeness (QED) is 0.201. The standard InChI is InChI=1S/C31H26N4O5/c1-18-23(20-10-6-8-13-25(20)34(18)19(2)31(37)39-4)17-32-35-29(33-24-12-7-5-11-21(24)30(35)36)28-16-22-26(38-3)14-9-15-27(22)40-28/h5-17,19H,1-4H3/t19-/m1/s1. The van der Waals surface area contributed by atoms with E-state index < -0.39 is 6.04 Å². The van der Waals surface area contributed by atoms with Gasteiger partial charge in [-0.3, -0.25) is 4.79 Å². The first-order valence-corrected chi connectivity index (χ1v) is 12.7. The van der Waals surface area contributed by atoms with Crippen molar-refractivity contribution in [3.05, 3.63) is 94.4 Å². The Hall–Kier alpha value is -5.18. The Morgan fingerprint density at radius 2 is 1.75 bits per heavy atom. The Morgan fingerprint density at radius 1 is 1.00 bits per heavy atom. The van der Waals surface area contributed by atoms with E-state index in [1.807, 2.05) is 60.0 Å². The number of hydrogen-bond acceptors (Lipinski definition) is 7. The molecule has 0 radical (unpaired) electrons. The van der Waals surface area contributed by atoms with E-state index in [4.69, 9.17) is 18.9 Å². The maximum Gasteiger partial charge on any atom is 0.328 e. The summed E-state index contributed by atoms with van der Waals surface area (Å²) in [5, 5.41) is 6.73. The van der Waals surface area contributed by atoms with Crippen molar-refractivity contribution >= 4 is 45.0 Å². The highest BCUT2D eigenvalue weighted by Crippen LogP contribution is 2.33. The van der Waals surface area contributed by atoms with Crippen LogP contribution in [-0.4, -0.2) is 40.6 Å². The smallest absolute Gasteiger partial charge is 0.328 e. The summed E-state index contributed by atoms with van der Waals surface area (Å²) in [5.74, 6) is 0.916. The number of fused-ring (bicyclic) bond motifs is 3. The summed E-state index contributed by atoms with van der Waals surface area (Å²) >= 11 is 0. The molecule has 0 fully saturated rings. The van der Waals surface area contributed by atoms with Crippen molar-refractivity contribution in [3.63, 3.8) is 0 Å². The highest BCUT2D eigenvalue weighted by molar-refractivity contribution is 6.02. The molecule has 0 spiro atoms. The van der Waals surface area contributed by atoms with Gasteiger partial charge in [0.1, 0.15) is 17.4 Å². The number of hydrogen-bond donors (Lipinski definition) is 0. The van der Waals surface area contributed by atoms with E-state index in [9.17, 15) is 9.59 Å². The Balaban J connectivity index is 1.58. The van der Waals surface area contributed by atoms with E-state index in [1.54, 1.807) is 44.5 Å². The van der Waals surface area contributed by atoms with Crippen molar-refractivity contribution in [3.8, 4) is 17.3 Å². The molecule has 0 aliphatic rings. The minimum atomic E-state index is -0.553. The minimum absolute atomic E-state index is 0.252. The molecule has 0 saturated heterocycles. The van der Waals surface area contributed by atoms with Crippen LogP contribution < -0.4 is 10.3 Å². The van der Waals surface area contributed by atoms with Gasteiger partial charge in [-0.1, -0.05) is 36.4 Å². The number of esters is 1. The Morgan fingerprint density at radius 3 is 2.52 bits per heavy atom. The molecule has 3 aromatic carbocycles. The van der Waals surface area contributed by atoms with Crippen LogP contribution in [0.2, 0.25) is 0 Å². The third-order valence-electron chi connectivity index (χ3n) is 7.15. The van der Waals surface area contributed by atoms with E-state index in [-0.39, 0.29) is 17.4 Å². The second-order valence-electron chi connectivity index (χ2n) is 9.38. The first-order chi connectivity index (χ1) is 19.4. The summed E-state index contributed by atoms with van der Waals surface area (Å²) in [7, 11) is 2.96. The van der Waals surface area contributed by atoms with Crippen molar-refractivity contribution in [2.45, 2.75) is 19.9 Å². The topological polar surface area (TPSA) is 101 Å². The molecule has 9 nitrogen and oxygen atoms in total. The van der Waals surface area contributed by atoms with Gasteiger partial charge in [0, 0.05) is 22.2 Å². The number of nitrogens with zero attached hydrogens (tertiary/aromatic N) is 4. The Kier molecular flexibility index (Phi) is 6.18. The molecule has 0 N–H and O–H groups in total. The Bertz CT molecular complexity index is 2010. The lowest BCUT2D eigenvalue weighted by Crippen LogP contribution is -2.20. The number of carbonyl (C=O) groups excluding carboxylic acids is 1. The summed E-state index contributed by atoms with van der Waals surface area (Å²) in [5.41, 5.74) is 3.22. The Labute approximate surface area is 228 Å². The lowest BCUT2D eigenvalue weighted by Gasteiger charge is -2.15. The molecular formula is C31H26N4O5. The molecule has 200 valence electrons. The first-order valence-electron chi connectivity index (χ1n) is 12.7. The van der Waals surface area contributed by atoms with Crippen molar-refractivity contribution < 1.29 is 18.7 Å². The molecule has 0 bridgehead atoms. The van der Waals surface area contributed by atoms with Gasteiger partial charge >= 0.3 is 5.97 Å². The van der Waals surface area contributed by atoms with Crippen molar-refractivity contribution in [1.82, 2.24) is 14.2 Å². The monoisotopic (exact) mass is 534 g/mol. The molecule has 9 heteroatoms. The second kappa shape index (κ2) is 9.85. The SMILES string of the molecule is COC(=O)[C@@H](C)n1c(C)c(C=Nn2c(-c3cc4c(OC)cccc4o3)nc3ccccc3c2=O)c2ccccc21. The van der Waals surface area contributed by atoms with Crippen molar-refractivity contribution in [1.29, 1.82) is 0 Å². The summed E-state index contributed by atoms with van der Waals surface area (Å²) in [6.45, 7) is 3.70. The fourth-order valence-corrected chi connectivity index (χ4v) is 5.18. The van der Waals surface area contributed by atoms with Crippen LogP contribution in [0.1, 0.15) is 24.2 Å². The van der Waals surface area contributed by atoms with Crippen LogP contribution in [0.5, 0.6) is 5.75 Å². The zero-order valence-electron chi connectivity index (χ0n) is 22.4. The lowest BCUT2D eigenvalue weighted by molar-refractivity contribution is -0.143. The molecule has 3 heterocycles. The second-order valence-corrected chi connectivity index (χ2v) is 9.38. The molecule has 6 aromatic rings. The first kappa shape index (κ1) is 25.1. The summed E-state index contributed by atoms with van der Waals surface area (Å²) in [4.78, 5) is 31.0. The average molecular weight is 535 g/mol. The normalized spacial score (nSPS) is 12.5. The van der Waals surface area contributed by atoms with Gasteiger partial charge in [0.2, 0.25) is 5.82 Å². The molecule has 3 aromatic heterocycles. The van der Waals surface area contributed by atoms with Gasteiger partial charge in [0.05, 0.1) is 36.7 Å². The molecule has 0 saturated carbocycles. The van der Waals surface area contributed by atoms with Gasteiger partial charge in [-0.05, 0) is 50.2 Å². The van der Waals surface area contributed by atoms with Crippen molar-refractivity contribution in [2.75, 3.05) is 14.2 Å². The van der Waals surface area contributed by atoms with Gasteiger partial charge in [0.25, 0.3) is 5.56 Å². The van der Waals surface area contributed by atoms with Crippen molar-refractivity contribution in [2.24, 2.45) is 5.10 Å². The third kappa shape index (κ3) is 3.94. The highest BCUT2D eigenvalue weighted by Gasteiger charge is 2.23. The van der Waals surface area contributed by atoms with E-state index in [0.717, 1.165) is 27.5 Å². The van der Waals surface area contributed by atoms with Crippen LogP contribution in [0.15, 0.2) is 87.1 Å². The van der Waals surface area contributed by atoms with Crippen LogP contribution in [0.4, 0.5) is 0 Å². The summed E-state index contributed by atoms with van der Waals surface area (Å²) < 4.78 is 19.8. The number of rotatable bonds is 6. The van der Waals surface area contributed by atoms with E-state index in [0.29, 0.717) is 28.0 Å². The average Bonchev–Trinajstić information content (AvgIpc) is 3.54. The molecule has 0 aliphatic carbocycles. The fraction of sp³-hybridized carbons (Fsp3) is 0.161. The predicted molar refractivity (Wildman–Crippen MR) is 154 cm³/mol. The zero-order chi connectivity index (χ0) is 28.0. The molecule has 1 atom stereocenters. The number of benzene rings is 3. The number of aromatic nitrogens is 3. The number of furan rings is 1. The highest BCUT2D eigenvalue weighted by atomic mass is 16.5.